The van der Waals surface area contributed by atoms with Gasteiger partial charge in [-0.1, -0.05) is 30.0 Å². The molecule has 32 heavy (non-hydrogen) atoms. The number of nitrogens with zero attached hydrogens (tertiary/aromatic N) is 4. The average Bonchev–Trinajstić information content (AvgIpc) is 3.24. The number of amides is 1. The number of para-hydroxylation sites is 1. The van der Waals surface area contributed by atoms with Gasteiger partial charge in [-0.15, -0.1) is 10.2 Å². The second kappa shape index (κ2) is 9.65. The number of nitrogens with one attached hydrogen (secondary N) is 1. The summed E-state index contributed by atoms with van der Waals surface area (Å²) in [5.74, 6) is 1.33. The number of hydrogen-bond acceptors (Lipinski definition) is 6. The third-order valence-electron chi connectivity index (χ3n) is 4.96. The first-order chi connectivity index (χ1) is 15.6. The molecule has 162 valence electrons. The molecule has 2 aromatic carbocycles. The highest BCUT2D eigenvalue weighted by atomic mass is 32.2. The van der Waals surface area contributed by atoms with Gasteiger partial charge in [0.05, 0.1) is 12.4 Å². The van der Waals surface area contributed by atoms with Gasteiger partial charge in [0.25, 0.3) is 0 Å². The molecule has 8 heteroatoms. The van der Waals surface area contributed by atoms with Gasteiger partial charge in [-0.25, -0.2) is 0 Å². The summed E-state index contributed by atoms with van der Waals surface area (Å²) in [6.45, 7) is 3.83. The molecule has 0 saturated heterocycles. The fraction of sp³-hybridized carbons (Fsp3) is 0.167. The van der Waals surface area contributed by atoms with E-state index in [2.05, 4.69) is 20.5 Å². The summed E-state index contributed by atoms with van der Waals surface area (Å²) in [6.07, 6.45) is 3.43. The molecule has 0 radical (unpaired) electrons. The SMILES string of the molecule is COc1ccc(-n2c(SC(C)C(=O)Nc3ccccc3C)nnc2-c2ccncc2)cc1. The van der Waals surface area contributed by atoms with Crippen molar-refractivity contribution in [1.82, 2.24) is 19.7 Å². The Kier molecular flexibility index (Phi) is 6.51. The van der Waals surface area contributed by atoms with Crippen LogP contribution in [0.25, 0.3) is 17.1 Å². The van der Waals surface area contributed by atoms with Crippen LogP contribution in [-0.4, -0.2) is 38.0 Å². The largest absolute Gasteiger partial charge is 0.497 e. The molecule has 1 atom stereocenters. The van der Waals surface area contributed by atoms with E-state index < -0.39 is 0 Å². The molecule has 2 heterocycles. The second-order valence-electron chi connectivity index (χ2n) is 7.14. The van der Waals surface area contributed by atoms with E-state index in [1.165, 1.54) is 11.8 Å². The van der Waals surface area contributed by atoms with Crippen LogP contribution in [0.4, 0.5) is 5.69 Å². The van der Waals surface area contributed by atoms with Gasteiger partial charge in [-0.05, 0) is 61.9 Å². The monoisotopic (exact) mass is 445 g/mol. The summed E-state index contributed by atoms with van der Waals surface area (Å²) < 4.78 is 7.23. The lowest BCUT2D eigenvalue weighted by molar-refractivity contribution is -0.115. The summed E-state index contributed by atoms with van der Waals surface area (Å²) in [5.41, 5.74) is 3.57. The summed E-state index contributed by atoms with van der Waals surface area (Å²) >= 11 is 1.35. The van der Waals surface area contributed by atoms with Crippen molar-refractivity contribution in [2.75, 3.05) is 12.4 Å². The topological polar surface area (TPSA) is 81.9 Å². The first-order valence-electron chi connectivity index (χ1n) is 10.1. The number of rotatable bonds is 7. The van der Waals surface area contributed by atoms with Crippen LogP contribution < -0.4 is 10.1 Å². The van der Waals surface area contributed by atoms with E-state index in [4.69, 9.17) is 4.74 Å². The minimum absolute atomic E-state index is 0.0981. The summed E-state index contributed by atoms with van der Waals surface area (Å²) in [5, 5.41) is 12.1. The van der Waals surface area contributed by atoms with E-state index in [-0.39, 0.29) is 11.2 Å². The molecule has 2 aromatic heterocycles. The summed E-state index contributed by atoms with van der Waals surface area (Å²) in [7, 11) is 1.63. The number of ether oxygens (including phenoxy) is 1. The van der Waals surface area contributed by atoms with Gasteiger partial charge in [0.2, 0.25) is 5.91 Å². The van der Waals surface area contributed by atoms with Crippen molar-refractivity contribution in [2.45, 2.75) is 24.3 Å². The van der Waals surface area contributed by atoms with Gasteiger partial charge in [-0.3, -0.25) is 14.3 Å². The fourth-order valence-corrected chi connectivity index (χ4v) is 4.02. The van der Waals surface area contributed by atoms with Crippen LogP contribution in [-0.2, 0) is 4.79 Å². The zero-order valence-electron chi connectivity index (χ0n) is 18.0. The predicted molar refractivity (Wildman–Crippen MR) is 126 cm³/mol. The van der Waals surface area contributed by atoms with Gasteiger partial charge in [0, 0.05) is 29.3 Å². The molecule has 1 unspecified atom stereocenters. The third-order valence-corrected chi connectivity index (χ3v) is 6.00. The van der Waals surface area contributed by atoms with Crippen LogP contribution in [0.1, 0.15) is 12.5 Å². The maximum absolute atomic E-state index is 12.9. The van der Waals surface area contributed by atoms with E-state index >= 15 is 0 Å². The molecular formula is C24H23N5O2S. The molecule has 7 nitrogen and oxygen atoms in total. The van der Waals surface area contributed by atoms with Crippen molar-refractivity contribution >= 4 is 23.4 Å². The molecule has 4 rings (SSSR count). The minimum Gasteiger partial charge on any atom is -0.497 e. The van der Waals surface area contributed by atoms with Crippen molar-refractivity contribution in [2.24, 2.45) is 0 Å². The predicted octanol–water partition coefficient (Wildman–Crippen LogP) is 4.77. The lowest BCUT2D eigenvalue weighted by Crippen LogP contribution is -2.23. The van der Waals surface area contributed by atoms with Crippen LogP contribution in [0.15, 0.2) is 78.2 Å². The number of carbonyl (C=O) groups is 1. The maximum atomic E-state index is 12.9. The number of methoxy groups -OCH3 is 1. The minimum atomic E-state index is -0.388. The molecule has 1 N–H and O–H groups in total. The third kappa shape index (κ3) is 4.65. The van der Waals surface area contributed by atoms with Gasteiger partial charge in [0.15, 0.2) is 11.0 Å². The molecule has 0 fully saturated rings. The molecule has 0 bridgehead atoms. The molecule has 0 aliphatic carbocycles. The van der Waals surface area contributed by atoms with E-state index in [1.807, 2.05) is 79.1 Å². The highest BCUT2D eigenvalue weighted by Crippen LogP contribution is 2.31. The van der Waals surface area contributed by atoms with Crippen molar-refractivity contribution in [3.63, 3.8) is 0 Å². The van der Waals surface area contributed by atoms with Crippen LogP contribution in [0.3, 0.4) is 0 Å². The van der Waals surface area contributed by atoms with Crippen molar-refractivity contribution in [1.29, 1.82) is 0 Å². The number of anilines is 1. The van der Waals surface area contributed by atoms with Crippen molar-refractivity contribution < 1.29 is 9.53 Å². The smallest absolute Gasteiger partial charge is 0.237 e. The Bertz CT molecular complexity index is 1210. The van der Waals surface area contributed by atoms with Gasteiger partial charge >= 0.3 is 0 Å². The summed E-state index contributed by atoms with van der Waals surface area (Å²) in [6, 6.07) is 19.1. The quantitative estimate of drug-likeness (QED) is 0.413. The standard InChI is InChI=1S/C24H23N5O2S/c1-16-6-4-5-7-21(16)26-23(30)17(2)32-24-28-27-22(18-12-14-25-15-13-18)29(24)19-8-10-20(31-3)11-9-19/h4-15,17H,1-3H3,(H,26,30). The van der Waals surface area contributed by atoms with E-state index in [0.29, 0.717) is 11.0 Å². The number of carbonyl (C=O) groups excluding carboxylic acids is 1. The summed E-state index contributed by atoms with van der Waals surface area (Å²) in [4.78, 5) is 17.0. The highest BCUT2D eigenvalue weighted by molar-refractivity contribution is 8.00. The molecule has 4 aromatic rings. The Morgan fingerprint density at radius 2 is 1.75 bits per heavy atom. The van der Waals surface area contributed by atoms with Gasteiger partial charge in [-0.2, -0.15) is 0 Å². The molecule has 0 saturated carbocycles. The lowest BCUT2D eigenvalue weighted by Gasteiger charge is -2.15. The first-order valence-corrected chi connectivity index (χ1v) is 11.0. The Hall–Kier alpha value is -3.65. The number of benzene rings is 2. The van der Waals surface area contributed by atoms with Crippen molar-refractivity contribution in [3.05, 3.63) is 78.6 Å². The number of pyridine rings is 1. The molecule has 0 aliphatic rings. The van der Waals surface area contributed by atoms with Crippen molar-refractivity contribution in [3.8, 4) is 22.8 Å². The van der Waals surface area contributed by atoms with E-state index in [1.54, 1.807) is 19.5 Å². The fourth-order valence-electron chi connectivity index (χ4n) is 3.16. The van der Waals surface area contributed by atoms with Crippen LogP contribution in [0.2, 0.25) is 0 Å². The molecule has 1 amide bonds. The zero-order valence-corrected chi connectivity index (χ0v) is 18.8. The highest BCUT2D eigenvalue weighted by Gasteiger charge is 2.22. The van der Waals surface area contributed by atoms with Crippen LogP contribution in [0.5, 0.6) is 5.75 Å². The Morgan fingerprint density at radius 1 is 1.03 bits per heavy atom. The zero-order chi connectivity index (χ0) is 22.5. The van der Waals surface area contributed by atoms with Crippen LogP contribution in [0, 0.1) is 6.92 Å². The Labute approximate surface area is 190 Å². The Balaban J connectivity index is 1.65. The number of hydrogen-bond donors (Lipinski definition) is 1. The number of thioether (sulfide) groups is 1. The van der Waals surface area contributed by atoms with Gasteiger partial charge < -0.3 is 10.1 Å². The van der Waals surface area contributed by atoms with E-state index in [0.717, 1.165) is 28.3 Å². The Morgan fingerprint density at radius 3 is 2.44 bits per heavy atom. The first kappa shape index (κ1) is 21.6. The van der Waals surface area contributed by atoms with E-state index in [9.17, 15) is 4.79 Å². The molecule has 0 aliphatic heterocycles. The van der Waals surface area contributed by atoms with Gasteiger partial charge in [0.1, 0.15) is 5.75 Å². The number of aryl methyl sites for hydroxylation is 1. The molecular weight excluding hydrogens is 422 g/mol. The van der Waals surface area contributed by atoms with Crippen LogP contribution >= 0.6 is 11.8 Å². The molecule has 0 spiro atoms. The maximum Gasteiger partial charge on any atom is 0.237 e. The lowest BCUT2D eigenvalue weighted by atomic mass is 10.2. The second-order valence-corrected chi connectivity index (χ2v) is 8.45. The normalized spacial score (nSPS) is 11.7. The number of aromatic nitrogens is 4. The average molecular weight is 446 g/mol.